The Bertz CT molecular complexity index is 435. The van der Waals surface area contributed by atoms with Crippen LogP contribution in [0.2, 0.25) is 0 Å². The molecule has 0 aliphatic carbocycles. The minimum Gasteiger partial charge on any atom is -0.465 e. The summed E-state index contributed by atoms with van der Waals surface area (Å²) in [6.07, 6.45) is 0. The third kappa shape index (κ3) is 2.12. The van der Waals surface area contributed by atoms with Gasteiger partial charge in [-0.1, -0.05) is 0 Å². The zero-order valence-corrected chi connectivity index (χ0v) is 9.08. The van der Waals surface area contributed by atoms with Gasteiger partial charge < -0.3 is 4.74 Å². The van der Waals surface area contributed by atoms with Crippen molar-refractivity contribution in [3.8, 4) is 0 Å². The minimum atomic E-state index is -0.969. The standard InChI is InChI=1S/C8H5BrFNO4/c1-15-8(12)6-4(10)2-3-5(7(6)9)11(13)14/h2-3H,1H3. The number of carbonyl (C=O) groups is 1. The molecule has 0 fully saturated rings. The predicted octanol–water partition coefficient (Wildman–Crippen LogP) is 2.28. The second-order valence-corrected chi connectivity index (χ2v) is 3.30. The Morgan fingerprint density at radius 2 is 2.20 bits per heavy atom. The van der Waals surface area contributed by atoms with E-state index in [-0.39, 0.29) is 4.47 Å². The first kappa shape index (κ1) is 11.6. The van der Waals surface area contributed by atoms with E-state index < -0.39 is 28.0 Å². The smallest absolute Gasteiger partial charge is 0.342 e. The number of ether oxygens (including phenoxy) is 1. The number of nitrogens with zero attached hydrogens (tertiary/aromatic N) is 1. The second kappa shape index (κ2) is 4.35. The molecule has 1 aromatic carbocycles. The van der Waals surface area contributed by atoms with Gasteiger partial charge in [0.1, 0.15) is 15.9 Å². The molecule has 0 heterocycles. The number of benzene rings is 1. The van der Waals surface area contributed by atoms with Gasteiger partial charge >= 0.3 is 5.97 Å². The van der Waals surface area contributed by atoms with Crippen molar-refractivity contribution in [1.82, 2.24) is 0 Å². The minimum absolute atomic E-state index is 0.223. The third-order valence-corrected chi connectivity index (χ3v) is 2.46. The Kier molecular flexibility index (Phi) is 3.35. The Labute approximate surface area is 92.1 Å². The maximum atomic E-state index is 13.2. The lowest BCUT2D eigenvalue weighted by atomic mass is 10.2. The number of nitro groups is 1. The van der Waals surface area contributed by atoms with Crippen LogP contribution in [0, 0.1) is 15.9 Å². The predicted molar refractivity (Wildman–Crippen MR) is 52.1 cm³/mol. The number of rotatable bonds is 2. The van der Waals surface area contributed by atoms with Gasteiger partial charge in [0, 0.05) is 6.07 Å². The summed E-state index contributed by atoms with van der Waals surface area (Å²) >= 11 is 2.79. The van der Waals surface area contributed by atoms with Crippen LogP contribution in [0.5, 0.6) is 0 Å². The van der Waals surface area contributed by atoms with E-state index in [1.54, 1.807) is 0 Å². The number of nitro benzene ring substituents is 1. The number of methoxy groups -OCH3 is 1. The van der Waals surface area contributed by atoms with Crippen molar-refractivity contribution in [2.75, 3.05) is 7.11 Å². The molecular weight excluding hydrogens is 273 g/mol. The first-order chi connectivity index (χ1) is 6.99. The highest BCUT2D eigenvalue weighted by molar-refractivity contribution is 9.10. The van der Waals surface area contributed by atoms with E-state index in [0.29, 0.717) is 0 Å². The highest BCUT2D eigenvalue weighted by atomic mass is 79.9. The Hall–Kier alpha value is -1.50. The molecule has 80 valence electrons. The van der Waals surface area contributed by atoms with Gasteiger partial charge in [-0.2, -0.15) is 0 Å². The summed E-state index contributed by atoms with van der Waals surface area (Å²) in [5.41, 5.74) is -0.872. The summed E-state index contributed by atoms with van der Waals surface area (Å²) in [4.78, 5) is 20.9. The van der Waals surface area contributed by atoms with Crippen LogP contribution in [0.15, 0.2) is 16.6 Å². The maximum absolute atomic E-state index is 13.2. The van der Waals surface area contributed by atoms with Crippen molar-refractivity contribution in [3.05, 3.63) is 38.1 Å². The second-order valence-electron chi connectivity index (χ2n) is 2.50. The van der Waals surface area contributed by atoms with Gasteiger partial charge in [0.15, 0.2) is 0 Å². The molecule has 0 saturated heterocycles. The maximum Gasteiger partial charge on any atom is 0.342 e. The average molecular weight is 278 g/mol. The fourth-order valence-corrected chi connectivity index (χ4v) is 1.60. The van der Waals surface area contributed by atoms with Gasteiger partial charge in [-0.15, -0.1) is 0 Å². The first-order valence-electron chi connectivity index (χ1n) is 3.69. The number of esters is 1. The van der Waals surface area contributed by atoms with Gasteiger partial charge in [0.2, 0.25) is 0 Å². The Morgan fingerprint density at radius 1 is 1.60 bits per heavy atom. The van der Waals surface area contributed by atoms with Gasteiger partial charge in [-0.25, -0.2) is 9.18 Å². The zero-order chi connectivity index (χ0) is 11.6. The number of halogens is 2. The van der Waals surface area contributed by atoms with Crippen LogP contribution in [0.4, 0.5) is 10.1 Å². The van der Waals surface area contributed by atoms with Gasteiger partial charge in [-0.3, -0.25) is 10.1 Å². The molecule has 0 aliphatic heterocycles. The highest BCUT2D eigenvalue weighted by Crippen LogP contribution is 2.30. The number of hydrogen-bond donors (Lipinski definition) is 0. The lowest BCUT2D eigenvalue weighted by Crippen LogP contribution is -2.07. The molecule has 0 aromatic heterocycles. The topological polar surface area (TPSA) is 69.4 Å². The van der Waals surface area contributed by atoms with Crippen molar-refractivity contribution >= 4 is 27.6 Å². The molecule has 0 unspecified atom stereocenters. The molecule has 0 bridgehead atoms. The van der Waals surface area contributed by atoms with E-state index in [9.17, 15) is 19.3 Å². The van der Waals surface area contributed by atoms with E-state index in [0.717, 1.165) is 19.2 Å². The monoisotopic (exact) mass is 277 g/mol. The zero-order valence-electron chi connectivity index (χ0n) is 7.49. The van der Waals surface area contributed by atoms with Gasteiger partial charge in [0.05, 0.1) is 12.0 Å². The van der Waals surface area contributed by atoms with E-state index in [4.69, 9.17) is 0 Å². The SMILES string of the molecule is COC(=O)c1c(F)ccc([N+](=O)[O-])c1Br. The summed E-state index contributed by atoms with van der Waals surface area (Å²) in [7, 11) is 1.06. The quantitative estimate of drug-likeness (QED) is 0.472. The van der Waals surface area contributed by atoms with Crippen molar-refractivity contribution in [1.29, 1.82) is 0 Å². The molecule has 1 aromatic rings. The summed E-state index contributed by atoms with van der Waals surface area (Å²) in [6.45, 7) is 0. The molecule has 7 heteroatoms. The van der Waals surface area contributed by atoms with Crippen LogP contribution < -0.4 is 0 Å². The van der Waals surface area contributed by atoms with Crippen LogP contribution >= 0.6 is 15.9 Å². The van der Waals surface area contributed by atoms with Crippen LogP contribution in [0.25, 0.3) is 0 Å². The molecule has 0 saturated carbocycles. The van der Waals surface area contributed by atoms with E-state index in [1.807, 2.05) is 0 Å². The first-order valence-corrected chi connectivity index (χ1v) is 4.49. The molecule has 1 rings (SSSR count). The Balaban J connectivity index is 3.43. The normalized spacial score (nSPS) is 9.80. The number of hydrogen-bond acceptors (Lipinski definition) is 4. The summed E-state index contributed by atoms with van der Waals surface area (Å²) in [5.74, 6) is -1.85. The third-order valence-electron chi connectivity index (χ3n) is 1.66. The highest BCUT2D eigenvalue weighted by Gasteiger charge is 2.24. The van der Waals surface area contributed by atoms with Crippen LogP contribution in [-0.2, 0) is 4.74 Å². The Morgan fingerprint density at radius 3 is 2.67 bits per heavy atom. The van der Waals surface area contributed by atoms with Crippen LogP contribution in [0.1, 0.15) is 10.4 Å². The van der Waals surface area contributed by atoms with Gasteiger partial charge in [-0.05, 0) is 22.0 Å². The lowest BCUT2D eigenvalue weighted by Gasteiger charge is -2.03. The number of carbonyl (C=O) groups excluding carboxylic acids is 1. The van der Waals surface area contributed by atoms with Gasteiger partial charge in [0.25, 0.3) is 5.69 Å². The lowest BCUT2D eigenvalue weighted by molar-refractivity contribution is -0.385. The van der Waals surface area contributed by atoms with Crippen LogP contribution in [-0.4, -0.2) is 18.0 Å². The largest absolute Gasteiger partial charge is 0.465 e. The van der Waals surface area contributed by atoms with Crippen molar-refractivity contribution in [2.24, 2.45) is 0 Å². The molecule has 0 spiro atoms. The molecule has 0 radical (unpaired) electrons. The van der Waals surface area contributed by atoms with Crippen molar-refractivity contribution < 1.29 is 18.8 Å². The summed E-state index contributed by atoms with van der Waals surface area (Å²) < 4.78 is 17.3. The molecule has 0 amide bonds. The molecule has 0 atom stereocenters. The fourth-order valence-electron chi connectivity index (χ4n) is 0.972. The average Bonchev–Trinajstić information content (AvgIpc) is 2.16. The molecule has 15 heavy (non-hydrogen) atoms. The summed E-state index contributed by atoms with van der Waals surface area (Å²) in [6, 6.07) is 1.81. The van der Waals surface area contributed by atoms with E-state index in [2.05, 4.69) is 20.7 Å². The van der Waals surface area contributed by atoms with E-state index >= 15 is 0 Å². The van der Waals surface area contributed by atoms with Crippen molar-refractivity contribution in [2.45, 2.75) is 0 Å². The molecule has 0 aliphatic rings. The molecule has 0 N–H and O–H groups in total. The van der Waals surface area contributed by atoms with E-state index in [1.165, 1.54) is 0 Å². The fraction of sp³-hybridized carbons (Fsp3) is 0.125. The van der Waals surface area contributed by atoms with Crippen molar-refractivity contribution in [3.63, 3.8) is 0 Å². The summed E-state index contributed by atoms with van der Waals surface area (Å²) in [5, 5.41) is 10.5. The molecular formula is C8H5BrFNO4. The molecule has 5 nitrogen and oxygen atoms in total. The van der Waals surface area contributed by atoms with Crippen LogP contribution in [0.3, 0.4) is 0 Å².